The fourth-order valence-corrected chi connectivity index (χ4v) is 3.00. The van der Waals surface area contributed by atoms with Crippen molar-refractivity contribution in [2.75, 3.05) is 38.0 Å². The number of nitrogens with zero attached hydrogens (tertiary/aromatic N) is 2. The molecule has 0 aliphatic carbocycles. The molecule has 0 radical (unpaired) electrons. The summed E-state index contributed by atoms with van der Waals surface area (Å²) in [6.45, 7) is 7.11. The first-order chi connectivity index (χ1) is 10.5. The Labute approximate surface area is 145 Å². The number of carbonyl (C=O) groups excluding carboxylic acids is 2. The molecule has 2 rings (SSSR count). The molecule has 2 amide bonds. The minimum absolute atomic E-state index is 0.00867. The number of nitrogens with one attached hydrogen (secondary N) is 1. The molecule has 1 aromatic carbocycles. The molecule has 1 aromatic rings. The van der Waals surface area contributed by atoms with Gasteiger partial charge in [-0.3, -0.25) is 14.5 Å². The summed E-state index contributed by atoms with van der Waals surface area (Å²) in [7, 11) is 0. The number of benzene rings is 1. The lowest BCUT2D eigenvalue weighted by Gasteiger charge is -2.35. The van der Waals surface area contributed by atoms with Crippen LogP contribution in [-0.4, -0.2) is 54.3 Å². The van der Waals surface area contributed by atoms with Crippen LogP contribution in [-0.2, 0) is 9.59 Å². The Morgan fingerprint density at radius 2 is 1.91 bits per heavy atom. The fraction of sp³-hybridized carbons (Fsp3) is 0.500. The van der Waals surface area contributed by atoms with Crippen LogP contribution in [0, 0.1) is 9.49 Å². The zero-order chi connectivity index (χ0) is 16.1. The van der Waals surface area contributed by atoms with E-state index in [1.807, 2.05) is 43.0 Å². The van der Waals surface area contributed by atoms with Gasteiger partial charge in [-0.1, -0.05) is 19.9 Å². The van der Waals surface area contributed by atoms with Gasteiger partial charge >= 0.3 is 0 Å². The van der Waals surface area contributed by atoms with Crippen molar-refractivity contribution in [2.24, 2.45) is 5.92 Å². The molecule has 1 fully saturated rings. The van der Waals surface area contributed by atoms with Crippen LogP contribution in [0.25, 0.3) is 0 Å². The second-order valence-corrected chi connectivity index (χ2v) is 7.06. The van der Waals surface area contributed by atoms with Crippen LogP contribution in [0.3, 0.4) is 0 Å². The van der Waals surface area contributed by atoms with E-state index in [-0.39, 0.29) is 17.7 Å². The van der Waals surface area contributed by atoms with Crippen LogP contribution in [0.1, 0.15) is 13.8 Å². The Bertz CT molecular complexity index is 540. The third-order valence-electron chi connectivity index (χ3n) is 3.65. The summed E-state index contributed by atoms with van der Waals surface area (Å²) in [5.74, 6) is 0.226. The Kier molecular flexibility index (Phi) is 6.19. The van der Waals surface area contributed by atoms with E-state index >= 15 is 0 Å². The first-order valence-electron chi connectivity index (χ1n) is 7.52. The van der Waals surface area contributed by atoms with E-state index in [0.717, 1.165) is 22.3 Å². The van der Waals surface area contributed by atoms with E-state index in [0.29, 0.717) is 19.6 Å². The van der Waals surface area contributed by atoms with Gasteiger partial charge in [-0.05, 0) is 40.8 Å². The summed E-state index contributed by atoms with van der Waals surface area (Å²) < 4.78 is 1.09. The Morgan fingerprint density at radius 3 is 2.50 bits per heavy atom. The predicted octanol–water partition coefficient (Wildman–Crippen LogP) is 2.03. The molecule has 0 saturated carbocycles. The van der Waals surface area contributed by atoms with E-state index in [1.54, 1.807) is 0 Å². The van der Waals surface area contributed by atoms with Gasteiger partial charge in [-0.25, -0.2) is 0 Å². The van der Waals surface area contributed by atoms with Crippen LogP contribution < -0.4 is 5.32 Å². The quantitative estimate of drug-likeness (QED) is 0.766. The molecular weight excluding hydrogens is 393 g/mol. The number of hydrogen-bond donors (Lipinski definition) is 1. The third-order valence-corrected chi connectivity index (χ3v) is 4.32. The second kappa shape index (κ2) is 7.92. The van der Waals surface area contributed by atoms with Gasteiger partial charge in [0.1, 0.15) is 0 Å². The van der Waals surface area contributed by atoms with Crippen LogP contribution in [0.2, 0.25) is 0 Å². The zero-order valence-corrected chi connectivity index (χ0v) is 15.2. The number of anilines is 1. The lowest BCUT2D eigenvalue weighted by Crippen LogP contribution is -2.51. The van der Waals surface area contributed by atoms with Crippen LogP contribution in [0.4, 0.5) is 5.69 Å². The topological polar surface area (TPSA) is 52.7 Å². The van der Waals surface area contributed by atoms with Crippen molar-refractivity contribution in [3.05, 3.63) is 27.8 Å². The highest BCUT2D eigenvalue weighted by molar-refractivity contribution is 14.1. The van der Waals surface area contributed by atoms with Crippen molar-refractivity contribution in [1.82, 2.24) is 9.80 Å². The number of amides is 2. The Hall–Kier alpha value is -1.15. The summed E-state index contributed by atoms with van der Waals surface area (Å²) in [6.07, 6.45) is 0. The molecule has 22 heavy (non-hydrogen) atoms. The van der Waals surface area contributed by atoms with Crippen molar-refractivity contribution in [1.29, 1.82) is 0 Å². The molecule has 1 saturated heterocycles. The van der Waals surface area contributed by atoms with E-state index in [1.165, 1.54) is 0 Å². The molecule has 0 unspecified atom stereocenters. The monoisotopic (exact) mass is 415 g/mol. The van der Waals surface area contributed by atoms with Crippen LogP contribution in [0.15, 0.2) is 24.3 Å². The van der Waals surface area contributed by atoms with Gasteiger partial charge in [-0.2, -0.15) is 0 Å². The minimum atomic E-state index is -0.00867. The number of carbonyl (C=O) groups is 2. The van der Waals surface area contributed by atoms with E-state index in [4.69, 9.17) is 0 Å². The standard InChI is InChI=1S/C16H22IN3O2/c1-12(2)16(22)20-8-6-19(7-9-20)11-15(21)18-14-5-3-4-13(17)10-14/h3-5,10,12H,6-9,11H2,1-2H3,(H,18,21). The predicted molar refractivity (Wildman–Crippen MR) is 95.6 cm³/mol. The number of piperazine rings is 1. The number of halogens is 1. The summed E-state index contributed by atoms with van der Waals surface area (Å²) >= 11 is 2.22. The summed E-state index contributed by atoms with van der Waals surface area (Å²) in [6, 6.07) is 7.74. The van der Waals surface area contributed by atoms with Gasteiger partial charge < -0.3 is 10.2 Å². The van der Waals surface area contributed by atoms with Crippen molar-refractivity contribution < 1.29 is 9.59 Å². The van der Waals surface area contributed by atoms with Gasteiger partial charge in [0, 0.05) is 41.4 Å². The van der Waals surface area contributed by atoms with Gasteiger partial charge in [0.05, 0.1) is 6.54 Å². The lowest BCUT2D eigenvalue weighted by atomic mass is 10.1. The minimum Gasteiger partial charge on any atom is -0.340 e. The number of hydrogen-bond acceptors (Lipinski definition) is 3. The third kappa shape index (κ3) is 4.95. The van der Waals surface area contributed by atoms with Gasteiger partial charge in [-0.15, -0.1) is 0 Å². The van der Waals surface area contributed by atoms with Gasteiger partial charge in [0.2, 0.25) is 11.8 Å². The molecule has 0 atom stereocenters. The molecule has 120 valence electrons. The normalized spacial score (nSPS) is 15.9. The first kappa shape index (κ1) is 17.2. The molecule has 0 spiro atoms. The molecule has 1 aliphatic rings. The summed E-state index contributed by atoms with van der Waals surface area (Å²) in [5.41, 5.74) is 0.825. The summed E-state index contributed by atoms with van der Waals surface area (Å²) in [5, 5.41) is 2.92. The fourth-order valence-electron chi connectivity index (χ4n) is 2.46. The Balaban J connectivity index is 1.78. The highest BCUT2D eigenvalue weighted by Gasteiger charge is 2.23. The second-order valence-electron chi connectivity index (χ2n) is 5.81. The molecule has 1 aliphatic heterocycles. The maximum atomic E-state index is 12.1. The zero-order valence-electron chi connectivity index (χ0n) is 13.0. The number of rotatable bonds is 4. The average molecular weight is 415 g/mol. The smallest absolute Gasteiger partial charge is 0.238 e. The van der Waals surface area contributed by atoms with Crippen molar-refractivity contribution in [3.63, 3.8) is 0 Å². The van der Waals surface area contributed by atoms with Crippen LogP contribution >= 0.6 is 22.6 Å². The molecule has 1 N–H and O–H groups in total. The Morgan fingerprint density at radius 1 is 1.23 bits per heavy atom. The lowest BCUT2D eigenvalue weighted by molar-refractivity contribution is -0.136. The highest BCUT2D eigenvalue weighted by atomic mass is 127. The van der Waals surface area contributed by atoms with Crippen molar-refractivity contribution >= 4 is 40.1 Å². The van der Waals surface area contributed by atoms with Gasteiger partial charge in [0.15, 0.2) is 0 Å². The molecule has 0 aromatic heterocycles. The highest BCUT2D eigenvalue weighted by Crippen LogP contribution is 2.12. The molecule has 6 heteroatoms. The first-order valence-corrected chi connectivity index (χ1v) is 8.60. The van der Waals surface area contributed by atoms with Crippen molar-refractivity contribution in [2.45, 2.75) is 13.8 Å². The summed E-state index contributed by atoms with van der Waals surface area (Å²) in [4.78, 5) is 28.0. The SMILES string of the molecule is CC(C)C(=O)N1CCN(CC(=O)Nc2cccc(I)c2)CC1. The molecular formula is C16H22IN3O2. The average Bonchev–Trinajstić information content (AvgIpc) is 2.47. The van der Waals surface area contributed by atoms with Crippen molar-refractivity contribution in [3.8, 4) is 0 Å². The maximum absolute atomic E-state index is 12.1. The van der Waals surface area contributed by atoms with Crippen LogP contribution in [0.5, 0.6) is 0 Å². The van der Waals surface area contributed by atoms with Gasteiger partial charge in [0.25, 0.3) is 0 Å². The van der Waals surface area contributed by atoms with E-state index in [2.05, 4.69) is 32.8 Å². The molecule has 1 heterocycles. The molecule has 5 nitrogen and oxygen atoms in total. The largest absolute Gasteiger partial charge is 0.340 e. The van der Waals surface area contributed by atoms with E-state index in [9.17, 15) is 9.59 Å². The maximum Gasteiger partial charge on any atom is 0.238 e. The van der Waals surface area contributed by atoms with E-state index < -0.39 is 0 Å². The molecule has 0 bridgehead atoms.